The Morgan fingerprint density at radius 3 is 2.07 bits per heavy atom. The van der Waals surface area contributed by atoms with Gasteiger partial charge in [0, 0.05) is 75.7 Å². The van der Waals surface area contributed by atoms with Gasteiger partial charge in [-0.15, -0.1) is 24.8 Å². The zero-order valence-corrected chi connectivity index (χ0v) is 25.6. The molecule has 2 aromatic rings. The normalized spacial score (nSPS) is 21.1. The van der Waals surface area contributed by atoms with Crippen molar-refractivity contribution in [3.05, 3.63) is 58.9 Å². The number of hydrogen-bond acceptors (Lipinski definition) is 6. The number of nitrogens with one attached hydrogen (secondary N) is 2. The van der Waals surface area contributed by atoms with Crippen LogP contribution < -0.4 is 20.3 Å². The summed E-state index contributed by atoms with van der Waals surface area (Å²) in [4.78, 5) is 32.5. The zero-order valence-electron chi connectivity index (χ0n) is 24.0. The summed E-state index contributed by atoms with van der Waals surface area (Å²) in [6.07, 6.45) is 5.87. The first-order valence-corrected chi connectivity index (χ1v) is 14.9. The quantitative estimate of drug-likeness (QED) is 0.506. The van der Waals surface area contributed by atoms with Crippen LogP contribution in [0.25, 0.3) is 0 Å². The fraction of sp³-hybridized carbons (Fsp3) is 0.548. The third-order valence-corrected chi connectivity index (χ3v) is 8.83. The van der Waals surface area contributed by atoms with Crippen LogP contribution in [0, 0.1) is 5.82 Å². The molecule has 0 spiro atoms. The van der Waals surface area contributed by atoms with Crippen molar-refractivity contribution in [2.24, 2.45) is 0 Å². The SMILES string of the molecule is Cl.Cl.O=C(c1cc(F)cc(N2CCNCC2)c1)N1CCN(C(=O)c2ccc(O[C@H]3CCNC3)c(C3CCCC3)c2)CC1. The molecule has 1 atom stereocenters. The molecular formula is C31H42Cl2FN5O3. The number of amides is 2. The summed E-state index contributed by atoms with van der Waals surface area (Å²) in [6.45, 7) is 6.84. The van der Waals surface area contributed by atoms with Crippen LogP contribution in [0.1, 0.15) is 64.3 Å². The van der Waals surface area contributed by atoms with E-state index < -0.39 is 5.82 Å². The lowest BCUT2D eigenvalue weighted by atomic mass is 9.94. The number of rotatable bonds is 6. The number of anilines is 1. The number of carbonyl (C=O) groups excluding carboxylic acids is 2. The first-order chi connectivity index (χ1) is 19.5. The van der Waals surface area contributed by atoms with Crippen molar-refractivity contribution in [1.29, 1.82) is 0 Å². The van der Waals surface area contributed by atoms with Crippen molar-refractivity contribution in [3.63, 3.8) is 0 Å². The van der Waals surface area contributed by atoms with Gasteiger partial charge in [-0.25, -0.2) is 4.39 Å². The molecule has 3 saturated heterocycles. The fourth-order valence-corrected chi connectivity index (χ4v) is 6.53. The van der Waals surface area contributed by atoms with Crippen LogP contribution in [0.4, 0.5) is 10.1 Å². The van der Waals surface area contributed by atoms with Crippen LogP contribution in [-0.2, 0) is 0 Å². The van der Waals surface area contributed by atoms with E-state index in [0.717, 1.165) is 75.5 Å². The van der Waals surface area contributed by atoms with Gasteiger partial charge in [-0.1, -0.05) is 12.8 Å². The van der Waals surface area contributed by atoms with Crippen LogP contribution in [0.15, 0.2) is 36.4 Å². The van der Waals surface area contributed by atoms with Crippen LogP contribution in [-0.4, -0.2) is 93.2 Å². The highest BCUT2D eigenvalue weighted by Gasteiger charge is 2.29. The first kappa shape index (κ1) is 32.3. The second kappa shape index (κ2) is 14.7. The van der Waals surface area contributed by atoms with Crippen molar-refractivity contribution < 1.29 is 18.7 Å². The van der Waals surface area contributed by atoms with E-state index in [4.69, 9.17) is 4.74 Å². The average Bonchev–Trinajstić information content (AvgIpc) is 3.72. The smallest absolute Gasteiger partial charge is 0.254 e. The van der Waals surface area contributed by atoms with Gasteiger partial charge in [0.2, 0.25) is 0 Å². The number of hydrogen-bond donors (Lipinski definition) is 2. The largest absolute Gasteiger partial charge is 0.489 e. The van der Waals surface area contributed by atoms with Gasteiger partial charge in [-0.05, 0) is 73.7 Å². The van der Waals surface area contributed by atoms with Crippen molar-refractivity contribution in [1.82, 2.24) is 20.4 Å². The molecule has 42 heavy (non-hydrogen) atoms. The van der Waals surface area contributed by atoms with E-state index in [0.29, 0.717) is 43.2 Å². The molecule has 0 aromatic heterocycles. The van der Waals surface area contributed by atoms with Crippen LogP contribution in [0.2, 0.25) is 0 Å². The lowest BCUT2D eigenvalue weighted by Crippen LogP contribution is -2.50. The van der Waals surface area contributed by atoms with Gasteiger partial charge in [0.15, 0.2) is 0 Å². The van der Waals surface area contributed by atoms with Crippen LogP contribution in [0.5, 0.6) is 5.75 Å². The summed E-state index contributed by atoms with van der Waals surface area (Å²) >= 11 is 0. The molecule has 3 aliphatic heterocycles. The lowest BCUT2D eigenvalue weighted by molar-refractivity contribution is 0.0535. The Hall–Kier alpha value is -2.59. The predicted octanol–water partition coefficient (Wildman–Crippen LogP) is 4.08. The molecule has 2 N–H and O–H groups in total. The Morgan fingerprint density at radius 1 is 0.762 bits per heavy atom. The molecule has 8 nitrogen and oxygen atoms in total. The third-order valence-electron chi connectivity index (χ3n) is 8.83. The van der Waals surface area contributed by atoms with Crippen molar-refractivity contribution in [3.8, 4) is 5.75 Å². The number of ether oxygens (including phenoxy) is 1. The number of nitrogens with zero attached hydrogens (tertiary/aromatic N) is 3. The van der Waals surface area contributed by atoms with E-state index in [2.05, 4.69) is 21.6 Å². The molecule has 2 aromatic carbocycles. The molecule has 4 fully saturated rings. The Bertz CT molecular complexity index is 1230. The molecule has 0 radical (unpaired) electrons. The number of halogens is 3. The van der Waals surface area contributed by atoms with Gasteiger partial charge >= 0.3 is 0 Å². The molecule has 1 saturated carbocycles. The van der Waals surface area contributed by atoms with Gasteiger partial charge in [-0.2, -0.15) is 0 Å². The highest BCUT2D eigenvalue weighted by Crippen LogP contribution is 2.40. The highest BCUT2D eigenvalue weighted by atomic mass is 35.5. The summed E-state index contributed by atoms with van der Waals surface area (Å²) in [6, 6.07) is 10.5. The predicted molar refractivity (Wildman–Crippen MR) is 167 cm³/mol. The van der Waals surface area contributed by atoms with Gasteiger partial charge < -0.3 is 30.1 Å². The maximum Gasteiger partial charge on any atom is 0.254 e. The lowest BCUT2D eigenvalue weighted by Gasteiger charge is -2.35. The molecule has 11 heteroatoms. The minimum absolute atomic E-state index is 0. The van der Waals surface area contributed by atoms with Crippen molar-refractivity contribution in [2.45, 2.75) is 44.1 Å². The van der Waals surface area contributed by atoms with Crippen LogP contribution in [0.3, 0.4) is 0 Å². The van der Waals surface area contributed by atoms with Gasteiger partial charge in [0.25, 0.3) is 11.8 Å². The molecule has 4 aliphatic rings. The Labute approximate surface area is 260 Å². The number of piperazine rings is 2. The van der Waals surface area contributed by atoms with Gasteiger partial charge in [0.05, 0.1) is 0 Å². The summed E-state index contributed by atoms with van der Waals surface area (Å²) < 4.78 is 20.8. The zero-order chi connectivity index (χ0) is 27.5. The second-order valence-electron chi connectivity index (χ2n) is 11.5. The maximum atomic E-state index is 14.5. The Morgan fingerprint density at radius 2 is 1.43 bits per heavy atom. The highest BCUT2D eigenvalue weighted by molar-refractivity contribution is 5.97. The van der Waals surface area contributed by atoms with Crippen molar-refractivity contribution in [2.75, 3.05) is 70.3 Å². The van der Waals surface area contributed by atoms with Crippen molar-refractivity contribution >= 4 is 42.3 Å². The van der Waals surface area contributed by atoms with E-state index >= 15 is 0 Å². The first-order valence-electron chi connectivity index (χ1n) is 14.9. The van der Waals surface area contributed by atoms with E-state index in [1.807, 2.05) is 17.0 Å². The summed E-state index contributed by atoms with van der Waals surface area (Å²) in [5.41, 5.74) is 2.95. The minimum Gasteiger partial charge on any atom is -0.489 e. The number of benzene rings is 2. The maximum absolute atomic E-state index is 14.5. The second-order valence-corrected chi connectivity index (χ2v) is 11.5. The summed E-state index contributed by atoms with van der Waals surface area (Å²) in [5.74, 6) is 0.760. The summed E-state index contributed by atoms with van der Waals surface area (Å²) in [5, 5.41) is 6.66. The topological polar surface area (TPSA) is 77.2 Å². The summed E-state index contributed by atoms with van der Waals surface area (Å²) in [7, 11) is 0. The molecule has 0 bridgehead atoms. The Balaban J connectivity index is 0.00000202. The van der Waals surface area contributed by atoms with E-state index in [1.54, 1.807) is 11.0 Å². The van der Waals surface area contributed by atoms with E-state index in [9.17, 15) is 14.0 Å². The monoisotopic (exact) mass is 621 g/mol. The molecule has 1 aliphatic carbocycles. The standard InChI is InChI=1S/C31H40FN5O3.2ClH/c32-25-17-24(18-26(20-25)35-11-9-33-10-12-35)31(39)37-15-13-36(14-16-37)30(38)23-5-6-29(40-27-7-8-34-21-27)28(19-23)22-3-1-2-4-22;;/h5-6,17-20,22,27,33-34H,1-4,7-16,21H2;2*1H/t27-;;/m0../s1. The minimum atomic E-state index is -0.400. The van der Waals surface area contributed by atoms with E-state index in [1.165, 1.54) is 25.0 Å². The number of carbonyl (C=O) groups is 2. The molecule has 6 rings (SSSR count). The molecule has 2 amide bonds. The molecule has 0 unspecified atom stereocenters. The van der Waals surface area contributed by atoms with E-state index in [-0.39, 0.29) is 42.7 Å². The fourth-order valence-electron chi connectivity index (χ4n) is 6.53. The Kier molecular flexibility index (Phi) is 11.3. The van der Waals surface area contributed by atoms with Crippen LogP contribution >= 0.6 is 24.8 Å². The van der Waals surface area contributed by atoms with Gasteiger partial charge in [0.1, 0.15) is 17.7 Å². The molecular weight excluding hydrogens is 580 g/mol. The molecule has 230 valence electrons. The average molecular weight is 623 g/mol. The third kappa shape index (κ3) is 7.30. The van der Waals surface area contributed by atoms with Gasteiger partial charge in [-0.3, -0.25) is 9.59 Å². The molecule has 3 heterocycles.